The molecule has 100 valence electrons. The number of esters is 1. The summed E-state index contributed by atoms with van der Waals surface area (Å²) in [5.74, 6) is -1.76. The Labute approximate surface area is 114 Å². The van der Waals surface area contributed by atoms with Gasteiger partial charge in [-0.25, -0.2) is 0 Å². The predicted octanol–water partition coefficient (Wildman–Crippen LogP) is 2.49. The summed E-state index contributed by atoms with van der Waals surface area (Å²) >= 11 is 5.68. The smallest absolute Gasteiger partial charge is 0.323 e. The number of carbonyl (C=O) groups excluding carboxylic acids is 1. The van der Waals surface area contributed by atoms with Crippen molar-refractivity contribution in [1.82, 2.24) is 0 Å². The minimum Gasteiger partial charge on any atom is -0.465 e. The average Bonchev–Trinajstić information content (AvgIpc) is 2.37. The molecule has 0 aromatic heterocycles. The first-order valence-corrected chi connectivity index (χ1v) is 5.86. The number of carbonyl (C=O) groups is 1. The third kappa shape index (κ3) is 3.93. The van der Waals surface area contributed by atoms with Crippen LogP contribution in [0.2, 0.25) is 5.02 Å². The van der Waals surface area contributed by atoms with Gasteiger partial charge in [0.05, 0.1) is 17.6 Å². The maximum atomic E-state index is 11.5. The van der Waals surface area contributed by atoms with Gasteiger partial charge in [0.2, 0.25) is 0 Å². The minimum atomic E-state index is -1.07. The van der Waals surface area contributed by atoms with Gasteiger partial charge in [-0.15, -0.1) is 0 Å². The number of halogens is 1. The maximum absolute atomic E-state index is 11.5. The lowest BCUT2D eigenvalue weighted by molar-refractivity contribution is -0.385. The van der Waals surface area contributed by atoms with Crippen LogP contribution in [-0.4, -0.2) is 17.5 Å². The zero-order chi connectivity index (χ0) is 14.4. The van der Waals surface area contributed by atoms with E-state index in [4.69, 9.17) is 21.6 Å². The molecular weight excluding hydrogens is 272 g/mol. The predicted molar refractivity (Wildman–Crippen MR) is 67.5 cm³/mol. The van der Waals surface area contributed by atoms with Crippen molar-refractivity contribution < 1.29 is 14.5 Å². The van der Waals surface area contributed by atoms with Crippen LogP contribution in [0.1, 0.15) is 12.5 Å². The minimum absolute atomic E-state index is 0.0805. The van der Waals surface area contributed by atoms with Gasteiger partial charge in [-0.2, -0.15) is 5.26 Å². The standard InChI is InChI=1S/C12H11ClN2O4/c1-2-19-12(16)9(7-14)5-8-3-4-10(13)6-11(8)15(17)18/h3-4,6,9H,2,5H2,1H3. The second-order valence-corrected chi connectivity index (χ2v) is 4.10. The summed E-state index contributed by atoms with van der Waals surface area (Å²) in [5, 5.41) is 20.0. The van der Waals surface area contributed by atoms with Gasteiger partial charge in [0.25, 0.3) is 5.69 Å². The lowest BCUT2D eigenvalue weighted by atomic mass is 9.99. The van der Waals surface area contributed by atoms with Crippen molar-refractivity contribution in [2.24, 2.45) is 5.92 Å². The molecule has 0 amide bonds. The molecule has 0 fully saturated rings. The lowest BCUT2D eigenvalue weighted by Crippen LogP contribution is -2.19. The summed E-state index contributed by atoms with van der Waals surface area (Å²) in [6.45, 7) is 1.77. The molecule has 1 rings (SSSR count). The fourth-order valence-corrected chi connectivity index (χ4v) is 1.69. The van der Waals surface area contributed by atoms with Crippen LogP contribution in [0.3, 0.4) is 0 Å². The molecule has 0 aliphatic carbocycles. The van der Waals surface area contributed by atoms with Gasteiger partial charge < -0.3 is 4.74 Å². The number of nitro benzene ring substituents is 1. The Balaban J connectivity index is 3.01. The molecule has 0 radical (unpaired) electrons. The van der Waals surface area contributed by atoms with Crippen LogP contribution in [0.4, 0.5) is 5.69 Å². The normalized spacial score (nSPS) is 11.4. The Morgan fingerprint density at radius 1 is 1.63 bits per heavy atom. The van der Waals surface area contributed by atoms with Gasteiger partial charge in [0.1, 0.15) is 5.92 Å². The molecule has 7 heteroatoms. The highest BCUT2D eigenvalue weighted by Gasteiger charge is 2.24. The quantitative estimate of drug-likeness (QED) is 0.470. The third-order valence-electron chi connectivity index (χ3n) is 2.40. The van der Waals surface area contributed by atoms with Crippen molar-refractivity contribution >= 4 is 23.3 Å². The number of ether oxygens (including phenoxy) is 1. The molecule has 1 aromatic carbocycles. The first-order chi connectivity index (χ1) is 8.99. The van der Waals surface area contributed by atoms with Crippen LogP contribution in [0, 0.1) is 27.4 Å². The summed E-state index contributed by atoms with van der Waals surface area (Å²) in [7, 11) is 0. The first-order valence-electron chi connectivity index (χ1n) is 5.48. The van der Waals surface area contributed by atoms with E-state index in [2.05, 4.69) is 0 Å². The fourth-order valence-electron chi connectivity index (χ4n) is 1.52. The van der Waals surface area contributed by atoms with Crippen molar-refractivity contribution in [2.45, 2.75) is 13.3 Å². The van der Waals surface area contributed by atoms with Crippen LogP contribution < -0.4 is 0 Å². The van der Waals surface area contributed by atoms with Crippen molar-refractivity contribution in [3.05, 3.63) is 38.9 Å². The molecule has 19 heavy (non-hydrogen) atoms. The van der Waals surface area contributed by atoms with Crippen LogP contribution in [0.25, 0.3) is 0 Å². The largest absolute Gasteiger partial charge is 0.465 e. The van der Waals surface area contributed by atoms with Gasteiger partial charge in [0.15, 0.2) is 0 Å². The number of benzene rings is 1. The van der Waals surface area contributed by atoms with Crippen molar-refractivity contribution in [3.63, 3.8) is 0 Å². The molecule has 0 N–H and O–H groups in total. The Morgan fingerprint density at radius 2 is 2.32 bits per heavy atom. The molecule has 0 spiro atoms. The molecule has 0 saturated carbocycles. The molecular formula is C12H11ClN2O4. The Hall–Kier alpha value is -2.13. The summed E-state index contributed by atoms with van der Waals surface area (Å²) in [5.41, 5.74) is 0.0612. The highest BCUT2D eigenvalue weighted by Crippen LogP contribution is 2.25. The van der Waals surface area contributed by atoms with Crippen molar-refractivity contribution in [1.29, 1.82) is 5.26 Å². The number of hydrogen-bond acceptors (Lipinski definition) is 5. The van der Waals surface area contributed by atoms with Gasteiger partial charge >= 0.3 is 5.97 Å². The molecule has 1 unspecified atom stereocenters. The molecule has 0 saturated heterocycles. The summed E-state index contributed by atoms with van der Waals surface area (Å²) in [6.07, 6.45) is -0.0805. The topological polar surface area (TPSA) is 93.2 Å². The van der Waals surface area contributed by atoms with Crippen LogP contribution >= 0.6 is 11.6 Å². The van der Waals surface area contributed by atoms with Gasteiger partial charge in [-0.1, -0.05) is 17.7 Å². The first kappa shape index (κ1) is 14.9. The third-order valence-corrected chi connectivity index (χ3v) is 2.63. The molecule has 1 aromatic rings. The van der Waals surface area contributed by atoms with E-state index in [0.29, 0.717) is 0 Å². The van der Waals surface area contributed by atoms with Crippen LogP contribution in [0.15, 0.2) is 18.2 Å². The molecule has 6 nitrogen and oxygen atoms in total. The Kier molecular flexibility index (Phi) is 5.27. The van der Waals surface area contributed by atoms with E-state index in [9.17, 15) is 14.9 Å². The van der Waals surface area contributed by atoms with E-state index in [1.165, 1.54) is 18.2 Å². The average molecular weight is 283 g/mol. The summed E-state index contributed by atoms with van der Waals surface area (Å²) in [6, 6.07) is 5.89. The van der Waals surface area contributed by atoms with E-state index in [1.807, 2.05) is 0 Å². The van der Waals surface area contributed by atoms with Gasteiger partial charge in [-0.3, -0.25) is 14.9 Å². The zero-order valence-corrected chi connectivity index (χ0v) is 10.9. The number of hydrogen-bond donors (Lipinski definition) is 0. The van der Waals surface area contributed by atoms with Crippen molar-refractivity contribution in [2.75, 3.05) is 6.61 Å². The molecule has 0 heterocycles. The molecule has 1 atom stereocenters. The van der Waals surface area contributed by atoms with Crippen molar-refractivity contribution in [3.8, 4) is 6.07 Å². The highest BCUT2D eigenvalue weighted by molar-refractivity contribution is 6.30. The Morgan fingerprint density at radius 3 is 2.84 bits per heavy atom. The van der Waals surface area contributed by atoms with E-state index in [1.54, 1.807) is 13.0 Å². The van der Waals surface area contributed by atoms with E-state index in [0.717, 1.165) is 0 Å². The molecule has 0 bridgehead atoms. The van der Waals surface area contributed by atoms with Crippen LogP contribution in [0.5, 0.6) is 0 Å². The number of nitrogens with zero attached hydrogens (tertiary/aromatic N) is 2. The number of nitro groups is 1. The zero-order valence-electron chi connectivity index (χ0n) is 10.1. The molecule has 0 aliphatic rings. The second kappa shape index (κ2) is 6.71. The fraction of sp³-hybridized carbons (Fsp3) is 0.333. The summed E-state index contributed by atoms with van der Waals surface area (Å²) < 4.78 is 4.73. The van der Waals surface area contributed by atoms with E-state index in [-0.39, 0.29) is 29.3 Å². The van der Waals surface area contributed by atoms with Crippen LogP contribution in [-0.2, 0) is 16.0 Å². The van der Waals surface area contributed by atoms with E-state index < -0.39 is 16.8 Å². The number of nitriles is 1. The van der Waals surface area contributed by atoms with E-state index >= 15 is 0 Å². The summed E-state index contributed by atoms with van der Waals surface area (Å²) in [4.78, 5) is 21.8. The maximum Gasteiger partial charge on any atom is 0.323 e. The van der Waals surface area contributed by atoms with Gasteiger partial charge in [-0.05, 0) is 13.0 Å². The number of rotatable bonds is 5. The SMILES string of the molecule is CCOC(=O)C(C#N)Cc1ccc(Cl)cc1[N+](=O)[O-]. The monoisotopic (exact) mass is 282 g/mol. The second-order valence-electron chi connectivity index (χ2n) is 3.67. The lowest BCUT2D eigenvalue weighted by Gasteiger charge is -2.08. The Bertz CT molecular complexity index is 539. The van der Waals surface area contributed by atoms with Gasteiger partial charge in [0, 0.05) is 23.1 Å². The molecule has 0 aliphatic heterocycles. The highest BCUT2D eigenvalue weighted by atomic mass is 35.5.